The van der Waals surface area contributed by atoms with Crippen LogP contribution in [-0.4, -0.2) is 56.9 Å². The average Bonchev–Trinajstić information content (AvgIpc) is 3.15. The van der Waals surface area contributed by atoms with Crippen LogP contribution in [0.3, 0.4) is 0 Å². The summed E-state index contributed by atoms with van der Waals surface area (Å²) in [5.74, 6) is 0.507. The van der Waals surface area contributed by atoms with E-state index in [0.717, 1.165) is 36.8 Å². The molecular weight excluding hydrogens is 444 g/mol. The number of aliphatic hydroxyl groups is 4. The zero-order valence-electron chi connectivity index (χ0n) is 22.2. The molecule has 4 N–H and O–H groups in total. The van der Waals surface area contributed by atoms with Crippen LogP contribution in [0.1, 0.15) is 85.5 Å². The molecule has 3 aliphatic carbocycles. The Morgan fingerprint density at radius 3 is 2.60 bits per heavy atom. The second-order valence-electron chi connectivity index (χ2n) is 12.0. The number of aliphatic hydroxyl groups excluding tert-OH is 2. The summed E-state index contributed by atoms with van der Waals surface area (Å²) in [6.45, 7) is 11.5. The van der Waals surface area contributed by atoms with E-state index in [0.29, 0.717) is 43.4 Å². The zero-order valence-corrected chi connectivity index (χ0v) is 22.2. The Balaban J connectivity index is 1.72. The lowest BCUT2D eigenvalue weighted by molar-refractivity contribution is -0.190. The number of fused-ring (bicyclic) bond motifs is 1. The fourth-order valence-electron chi connectivity index (χ4n) is 7.05. The summed E-state index contributed by atoms with van der Waals surface area (Å²) >= 11 is 0. The molecule has 6 heteroatoms. The SMILES string of the molecule is C=C1/C(=C\C=C2/CCC[C@]3(C)[C@@H]([C@H](C)CCC(C)(O)C(C)(O)C(=O)OC)CC[C@@H]23)C[C@@H](O)CC1O. The van der Waals surface area contributed by atoms with E-state index in [-0.39, 0.29) is 5.41 Å². The minimum Gasteiger partial charge on any atom is -0.467 e. The van der Waals surface area contributed by atoms with Crippen LogP contribution in [0.4, 0.5) is 0 Å². The molecule has 3 unspecified atom stereocenters. The van der Waals surface area contributed by atoms with Gasteiger partial charge >= 0.3 is 5.97 Å². The lowest BCUT2D eigenvalue weighted by Gasteiger charge is -2.45. The van der Waals surface area contributed by atoms with Gasteiger partial charge in [0.25, 0.3) is 0 Å². The molecule has 35 heavy (non-hydrogen) atoms. The van der Waals surface area contributed by atoms with Crippen molar-refractivity contribution >= 4 is 5.97 Å². The highest BCUT2D eigenvalue weighted by molar-refractivity contribution is 5.80. The molecule has 0 amide bonds. The number of ether oxygens (including phenoxy) is 1. The molecule has 3 fully saturated rings. The number of methoxy groups -OCH3 is 1. The summed E-state index contributed by atoms with van der Waals surface area (Å²) < 4.78 is 4.70. The molecular formula is C29H46O6. The second-order valence-corrected chi connectivity index (χ2v) is 12.0. The summed E-state index contributed by atoms with van der Waals surface area (Å²) in [5, 5.41) is 41.8. The number of carbonyl (C=O) groups is 1. The van der Waals surface area contributed by atoms with Gasteiger partial charge in [0, 0.05) is 6.42 Å². The molecule has 0 aromatic carbocycles. The summed E-state index contributed by atoms with van der Waals surface area (Å²) in [4.78, 5) is 12.0. The largest absolute Gasteiger partial charge is 0.467 e. The average molecular weight is 491 g/mol. The molecule has 3 aliphatic rings. The monoisotopic (exact) mass is 490 g/mol. The van der Waals surface area contributed by atoms with Gasteiger partial charge in [-0.25, -0.2) is 4.79 Å². The highest BCUT2D eigenvalue weighted by Gasteiger charge is 2.52. The van der Waals surface area contributed by atoms with Crippen LogP contribution in [-0.2, 0) is 9.53 Å². The quantitative estimate of drug-likeness (QED) is 0.398. The zero-order chi connectivity index (χ0) is 26.2. The summed E-state index contributed by atoms with van der Waals surface area (Å²) in [5.41, 5.74) is -0.251. The third-order valence-electron chi connectivity index (χ3n) is 9.71. The number of hydrogen-bond acceptors (Lipinski definition) is 6. The number of carbonyl (C=O) groups excluding carboxylic acids is 1. The lowest BCUT2D eigenvalue weighted by atomic mass is 9.60. The first-order chi connectivity index (χ1) is 16.2. The maximum atomic E-state index is 12.0. The topological polar surface area (TPSA) is 107 Å². The Bertz CT molecular complexity index is 868. The highest BCUT2D eigenvalue weighted by Crippen LogP contribution is 2.60. The van der Waals surface area contributed by atoms with Gasteiger partial charge in [0.15, 0.2) is 5.60 Å². The molecule has 0 spiro atoms. The van der Waals surface area contributed by atoms with Crippen molar-refractivity contribution in [2.45, 2.75) is 109 Å². The van der Waals surface area contributed by atoms with Crippen molar-refractivity contribution in [2.24, 2.45) is 23.2 Å². The minimum absolute atomic E-state index is 0.168. The van der Waals surface area contributed by atoms with Crippen LogP contribution in [0, 0.1) is 23.2 Å². The first-order valence-electron chi connectivity index (χ1n) is 13.2. The first kappa shape index (κ1) is 28.1. The number of rotatable bonds is 7. The van der Waals surface area contributed by atoms with Crippen molar-refractivity contribution in [1.29, 1.82) is 0 Å². The van der Waals surface area contributed by atoms with E-state index >= 15 is 0 Å². The fourth-order valence-corrected chi connectivity index (χ4v) is 7.05. The summed E-state index contributed by atoms with van der Waals surface area (Å²) in [6.07, 6.45) is 10.6. The van der Waals surface area contributed by atoms with Gasteiger partial charge in [-0.3, -0.25) is 0 Å². The van der Waals surface area contributed by atoms with Gasteiger partial charge in [0.2, 0.25) is 0 Å². The Morgan fingerprint density at radius 1 is 1.26 bits per heavy atom. The third-order valence-corrected chi connectivity index (χ3v) is 9.71. The highest BCUT2D eigenvalue weighted by atomic mass is 16.5. The first-order valence-corrected chi connectivity index (χ1v) is 13.2. The predicted octanol–water partition coefficient (Wildman–Crippen LogP) is 4.22. The van der Waals surface area contributed by atoms with Gasteiger partial charge < -0.3 is 25.2 Å². The standard InChI is InChI=1S/C29H46O6/c1-18(13-15-28(4,33)29(5,34)26(32)35-6)23-11-12-24-20(8-7-14-27(23,24)3)9-10-21-16-22(30)17-25(31)19(21)2/h9-10,18,22-25,30-31,33-34H,2,7-8,11-17H2,1,3-6H3/b20-9+,21-10-/t18-,22-,23-,24+,25?,27-,28?,29?/m1/s1. The minimum atomic E-state index is -1.96. The van der Waals surface area contributed by atoms with Gasteiger partial charge in [-0.15, -0.1) is 0 Å². The maximum Gasteiger partial charge on any atom is 0.340 e. The van der Waals surface area contributed by atoms with E-state index < -0.39 is 29.4 Å². The molecule has 3 rings (SSSR count). The van der Waals surface area contributed by atoms with Crippen molar-refractivity contribution in [1.82, 2.24) is 0 Å². The summed E-state index contributed by atoms with van der Waals surface area (Å²) in [7, 11) is 1.22. The van der Waals surface area contributed by atoms with E-state index in [4.69, 9.17) is 4.74 Å². The lowest BCUT2D eigenvalue weighted by Crippen LogP contribution is -2.56. The molecule has 6 nitrogen and oxygen atoms in total. The molecule has 0 aromatic rings. The van der Waals surface area contributed by atoms with Crippen LogP contribution >= 0.6 is 0 Å². The van der Waals surface area contributed by atoms with E-state index in [1.165, 1.54) is 33.0 Å². The fraction of sp³-hybridized carbons (Fsp3) is 0.759. The number of allylic oxidation sites excluding steroid dienone is 3. The van der Waals surface area contributed by atoms with Crippen molar-refractivity contribution in [3.8, 4) is 0 Å². The molecule has 3 saturated carbocycles. The van der Waals surface area contributed by atoms with Crippen LogP contribution in [0.25, 0.3) is 0 Å². The number of esters is 1. The van der Waals surface area contributed by atoms with E-state index in [1.54, 1.807) is 0 Å². The maximum absolute atomic E-state index is 12.0. The molecule has 8 atom stereocenters. The van der Waals surface area contributed by atoms with E-state index in [9.17, 15) is 25.2 Å². The smallest absolute Gasteiger partial charge is 0.340 e. The summed E-state index contributed by atoms with van der Waals surface area (Å²) in [6, 6.07) is 0. The van der Waals surface area contributed by atoms with E-state index in [1.807, 2.05) is 0 Å². The van der Waals surface area contributed by atoms with Crippen LogP contribution in [0.5, 0.6) is 0 Å². The number of hydrogen-bond donors (Lipinski definition) is 4. The molecule has 0 aromatic heterocycles. The van der Waals surface area contributed by atoms with Crippen molar-refractivity contribution < 1.29 is 30.0 Å². The van der Waals surface area contributed by atoms with Gasteiger partial charge in [0.05, 0.1) is 19.3 Å². The molecule has 0 saturated heterocycles. The molecule has 0 heterocycles. The molecule has 0 aliphatic heterocycles. The van der Waals surface area contributed by atoms with E-state index in [2.05, 4.69) is 32.6 Å². The predicted molar refractivity (Wildman–Crippen MR) is 136 cm³/mol. The Hall–Kier alpha value is -1.47. The normalized spacial score (nSPS) is 38.0. The van der Waals surface area contributed by atoms with Crippen molar-refractivity contribution in [3.63, 3.8) is 0 Å². The molecule has 0 bridgehead atoms. The van der Waals surface area contributed by atoms with Crippen molar-refractivity contribution in [2.75, 3.05) is 7.11 Å². The Kier molecular flexibility index (Phi) is 8.42. The van der Waals surface area contributed by atoms with Crippen LogP contribution in [0.2, 0.25) is 0 Å². The second kappa shape index (κ2) is 10.5. The van der Waals surface area contributed by atoms with Gasteiger partial charge in [-0.1, -0.05) is 38.2 Å². The van der Waals surface area contributed by atoms with Crippen LogP contribution < -0.4 is 0 Å². The van der Waals surface area contributed by atoms with Gasteiger partial charge in [-0.2, -0.15) is 0 Å². The molecule has 0 radical (unpaired) electrons. The van der Waals surface area contributed by atoms with Gasteiger partial charge in [0.1, 0.15) is 5.60 Å². The third kappa shape index (κ3) is 5.46. The molecule has 198 valence electrons. The van der Waals surface area contributed by atoms with Crippen LogP contribution in [0.15, 0.2) is 35.5 Å². The Labute approximate surface area is 210 Å². The van der Waals surface area contributed by atoms with Crippen molar-refractivity contribution in [3.05, 3.63) is 35.5 Å². The van der Waals surface area contributed by atoms with Gasteiger partial charge in [-0.05, 0) is 99.5 Å². The Morgan fingerprint density at radius 2 is 1.94 bits per heavy atom.